The van der Waals surface area contributed by atoms with Crippen molar-refractivity contribution in [3.63, 3.8) is 0 Å². The molecule has 0 bridgehead atoms. The number of aliphatic hydroxyl groups is 2. The van der Waals surface area contributed by atoms with Crippen molar-refractivity contribution in [3.05, 3.63) is 12.2 Å². The van der Waals surface area contributed by atoms with Crippen LogP contribution in [0.1, 0.15) is 99.8 Å². The largest absolute Gasteiger partial charge is 0.455 e. The van der Waals surface area contributed by atoms with Crippen molar-refractivity contribution in [1.29, 1.82) is 0 Å². The van der Waals surface area contributed by atoms with E-state index in [1.807, 2.05) is 6.92 Å². The fourth-order valence-corrected chi connectivity index (χ4v) is 12.2. The van der Waals surface area contributed by atoms with E-state index in [1.165, 1.54) is 19.8 Å². The highest BCUT2D eigenvalue weighted by Crippen LogP contribution is 2.89. The Morgan fingerprint density at radius 2 is 1.65 bits per heavy atom. The van der Waals surface area contributed by atoms with Crippen LogP contribution >= 0.6 is 0 Å². The maximum Gasteiger partial charge on any atom is 0.303 e. The quantitative estimate of drug-likeness (QED) is 0.375. The molecule has 0 amide bonds. The normalized spacial score (nSPS) is 56.0. The second-order valence-electron chi connectivity index (χ2n) is 15.4. The highest BCUT2D eigenvalue weighted by molar-refractivity contribution is 5.66. The van der Waals surface area contributed by atoms with E-state index in [0.29, 0.717) is 34.5 Å². The number of carbonyl (C=O) groups is 1. The summed E-state index contributed by atoms with van der Waals surface area (Å²) in [4.78, 5) is 11.9. The number of esters is 1. The van der Waals surface area contributed by atoms with E-state index < -0.39 is 12.2 Å². The first kappa shape index (κ1) is 26.3. The Labute approximate surface area is 223 Å². The van der Waals surface area contributed by atoms with E-state index in [9.17, 15) is 15.0 Å². The average Bonchev–Trinajstić information content (AvgIpc) is 3.45. The molecule has 2 N–H and O–H groups in total. The molecule has 0 aromatic heterocycles. The van der Waals surface area contributed by atoms with Gasteiger partial charge in [-0.15, -0.1) is 0 Å². The zero-order valence-corrected chi connectivity index (χ0v) is 24.2. The summed E-state index contributed by atoms with van der Waals surface area (Å²) in [6.07, 6.45) is 7.14. The Bertz CT molecular complexity index is 1010. The van der Waals surface area contributed by atoms with Crippen LogP contribution < -0.4 is 0 Å². The van der Waals surface area contributed by atoms with Crippen LogP contribution in [0.2, 0.25) is 0 Å². The van der Waals surface area contributed by atoms with E-state index in [-0.39, 0.29) is 40.5 Å². The van der Waals surface area contributed by atoms with Crippen molar-refractivity contribution in [3.8, 4) is 0 Å². The fourth-order valence-electron chi connectivity index (χ4n) is 12.2. The first-order chi connectivity index (χ1) is 17.2. The van der Waals surface area contributed by atoms with Crippen LogP contribution in [0.4, 0.5) is 0 Å². The Morgan fingerprint density at radius 3 is 2.30 bits per heavy atom. The maximum absolute atomic E-state index is 12.3. The van der Waals surface area contributed by atoms with Gasteiger partial charge in [0.25, 0.3) is 0 Å². The number of hydrogen-bond donors (Lipinski definition) is 2. The van der Waals surface area contributed by atoms with Crippen molar-refractivity contribution < 1.29 is 24.5 Å². The van der Waals surface area contributed by atoms with Crippen LogP contribution in [-0.4, -0.2) is 46.7 Å². The SMILES string of the molecule is C=C(C)C(OC(C)=O)C1C[C@@H](C)[C@H]2C(O1)[C@H](O)[C@@]1(C)C3CC[C@H]4C(C)(C)C(O)CCC45CC35CCC21C. The zero-order chi connectivity index (χ0) is 26.9. The predicted molar refractivity (Wildman–Crippen MR) is 142 cm³/mol. The minimum atomic E-state index is -0.533. The van der Waals surface area contributed by atoms with E-state index >= 15 is 0 Å². The van der Waals surface area contributed by atoms with Crippen LogP contribution in [0.5, 0.6) is 0 Å². The highest BCUT2D eigenvalue weighted by atomic mass is 16.6. The Kier molecular flexibility index (Phi) is 5.58. The number of fused-ring (bicyclic) bond motifs is 4. The summed E-state index contributed by atoms with van der Waals surface area (Å²) in [6, 6.07) is 0. The molecule has 8 unspecified atom stereocenters. The summed E-state index contributed by atoms with van der Waals surface area (Å²) in [5.74, 6) is 1.41. The lowest BCUT2D eigenvalue weighted by molar-refractivity contribution is -0.185. The molecule has 1 saturated heterocycles. The molecule has 6 fully saturated rings. The molecule has 0 aromatic rings. The topological polar surface area (TPSA) is 76.0 Å². The summed E-state index contributed by atoms with van der Waals surface area (Å²) in [5, 5.41) is 23.2. The number of carbonyl (C=O) groups excluding carboxylic acids is 1. The third-order valence-electron chi connectivity index (χ3n) is 13.9. The molecule has 13 atom stereocenters. The van der Waals surface area contributed by atoms with Gasteiger partial charge in [0.15, 0.2) is 0 Å². The molecular formula is C32H50O5. The second-order valence-corrected chi connectivity index (χ2v) is 15.4. The molecule has 5 aliphatic carbocycles. The van der Waals surface area contributed by atoms with Gasteiger partial charge in [-0.2, -0.15) is 0 Å². The number of aliphatic hydroxyl groups excluding tert-OH is 2. The summed E-state index contributed by atoms with van der Waals surface area (Å²) in [7, 11) is 0. The first-order valence-corrected chi connectivity index (χ1v) is 15.0. The van der Waals surface area contributed by atoms with E-state index in [4.69, 9.17) is 9.47 Å². The molecular weight excluding hydrogens is 464 g/mol. The van der Waals surface area contributed by atoms with Crippen LogP contribution in [0.25, 0.3) is 0 Å². The van der Waals surface area contributed by atoms with Gasteiger partial charge >= 0.3 is 5.97 Å². The van der Waals surface area contributed by atoms with Gasteiger partial charge in [-0.3, -0.25) is 4.79 Å². The van der Waals surface area contributed by atoms with Crippen molar-refractivity contribution in [2.24, 2.45) is 50.7 Å². The third kappa shape index (κ3) is 3.00. The van der Waals surface area contributed by atoms with E-state index in [0.717, 1.165) is 44.1 Å². The zero-order valence-electron chi connectivity index (χ0n) is 24.2. The highest BCUT2D eigenvalue weighted by Gasteiger charge is 2.84. The lowest BCUT2D eigenvalue weighted by Gasteiger charge is -2.63. The third-order valence-corrected chi connectivity index (χ3v) is 13.9. The maximum atomic E-state index is 12.3. The summed E-state index contributed by atoms with van der Waals surface area (Å²) >= 11 is 0. The molecule has 5 nitrogen and oxygen atoms in total. The van der Waals surface area contributed by atoms with E-state index in [2.05, 4.69) is 41.2 Å². The van der Waals surface area contributed by atoms with Crippen LogP contribution in [0.3, 0.4) is 0 Å². The molecule has 6 rings (SSSR count). The van der Waals surface area contributed by atoms with Gasteiger partial charge in [0.05, 0.1) is 24.4 Å². The van der Waals surface area contributed by atoms with Gasteiger partial charge in [-0.1, -0.05) is 41.2 Å². The predicted octanol–water partition coefficient (Wildman–Crippen LogP) is 5.67. The van der Waals surface area contributed by atoms with Gasteiger partial charge in [-0.05, 0) is 109 Å². The number of hydrogen-bond acceptors (Lipinski definition) is 5. The Hall–Kier alpha value is -0.910. The average molecular weight is 515 g/mol. The molecule has 5 saturated carbocycles. The van der Waals surface area contributed by atoms with Gasteiger partial charge in [-0.25, -0.2) is 0 Å². The smallest absolute Gasteiger partial charge is 0.303 e. The van der Waals surface area contributed by atoms with Crippen LogP contribution in [0, 0.1) is 50.7 Å². The van der Waals surface area contributed by atoms with E-state index in [1.54, 1.807) is 0 Å². The monoisotopic (exact) mass is 514 g/mol. The van der Waals surface area contributed by atoms with Crippen LogP contribution in [0.15, 0.2) is 12.2 Å². The van der Waals surface area contributed by atoms with Crippen molar-refractivity contribution >= 4 is 5.97 Å². The Morgan fingerprint density at radius 1 is 1.00 bits per heavy atom. The molecule has 1 heterocycles. The summed E-state index contributed by atoms with van der Waals surface area (Å²) in [6.45, 7) is 19.2. The molecule has 37 heavy (non-hydrogen) atoms. The van der Waals surface area contributed by atoms with Gasteiger partial charge in [0.2, 0.25) is 0 Å². The van der Waals surface area contributed by atoms with Gasteiger partial charge in [0.1, 0.15) is 6.10 Å². The molecule has 6 aliphatic rings. The molecule has 5 heteroatoms. The molecule has 2 spiro atoms. The lowest BCUT2D eigenvalue weighted by atomic mass is 9.41. The minimum Gasteiger partial charge on any atom is -0.455 e. The van der Waals surface area contributed by atoms with Crippen molar-refractivity contribution in [1.82, 2.24) is 0 Å². The van der Waals surface area contributed by atoms with Crippen molar-refractivity contribution in [2.45, 2.75) is 130 Å². The molecule has 0 radical (unpaired) electrons. The molecule has 1 aliphatic heterocycles. The van der Waals surface area contributed by atoms with Crippen molar-refractivity contribution in [2.75, 3.05) is 0 Å². The van der Waals surface area contributed by atoms with Gasteiger partial charge < -0.3 is 19.7 Å². The van der Waals surface area contributed by atoms with Gasteiger partial charge in [0, 0.05) is 12.3 Å². The summed E-state index contributed by atoms with van der Waals surface area (Å²) < 4.78 is 12.5. The summed E-state index contributed by atoms with van der Waals surface area (Å²) in [5.41, 5.74) is 1.21. The van der Waals surface area contributed by atoms with Crippen LogP contribution in [-0.2, 0) is 14.3 Å². The second kappa shape index (κ2) is 7.85. The standard InChI is InChI=1S/C32H50O5/c1-17(2)25(36-19(4)33)20-15-18(3)24-26(37-20)27(35)30(8)22-10-9-21-28(5,6)23(34)11-12-31(21)16-32(22,31)14-13-29(24,30)7/h18,20-27,34-35H,1,9-16H2,2-8H3/t18-,20?,21+,22?,23?,24+,25?,26?,27+,29?,30-,31?,32?/m1/s1. The number of rotatable bonds is 3. The number of ether oxygens (including phenoxy) is 2. The lowest BCUT2D eigenvalue weighted by Crippen LogP contribution is -2.59. The minimum absolute atomic E-state index is 0.0118. The molecule has 0 aromatic carbocycles. The molecule has 208 valence electrons. The fraction of sp³-hybridized carbons (Fsp3) is 0.906. The first-order valence-electron chi connectivity index (χ1n) is 15.0. The Balaban J connectivity index is 1.35.